The first-order chi connectivity index (χ1) is 7.92. The first-order valence-corrected chi connectivity index (χ1v) is 5.16. The SMILES string of the molecule is COc1cccc(C(=O)CCCC(F)(F)F)c1. The molecule has 0 amide bonds. The van der Waals surface area contributed by atoms with Crippen LogP contribution in [0.1, 0.15) is 29.6 Å². The predicted octanol–water partition coefficient (Wildman–Crippen LogP) is 3.61. The van der Waals surface area contributed by atoms with Crippen LogP contribution in [0.15, 0.2) is 24.3 Å². The molecule has 0 aliphatic carbocycles. The van der Waals surface area contributed by atoms with Crippen LogP contribution in [0.3, 0.4) is 0 Å². The van der Waals surface area contributed by atoms with Gasteiger partial charge in [-0.05, 0) is 18.6 Å². The highest BCUT2D eigenvalue weighted by molar-refractivity contribution is 5.96. The zero-order valence-electron chi connectivity index (χ0n) is 9.38. The molecule has 0 unspecified atom stereocenters. The lowest BCUT2D eigenvalue weighted by Gasteiger charge is -2.06. The highest BCUT2D eigenvalue weighted by atomic mass is 19.4. The van der Waals surface area contributed by atoms with E-state index in [1.807, 2.05) is 0 Å². The molecule has 0 N–H and O–H groups in total. The molecule has 0 fully saturated rings. The summed E-state index contributed by atoms with van der Waals surface area (Å²) in [5.74, 6) is 0.222. The maximum absolute atomic E-state index is 11.9. The fourth-order valence-electron chi connectivity index (χ4n) is 1.39. The average Bonchev–Trinajstić information content (AvgIpc) is 2.27. The van der Waals surface area contributed by atoms with Crippen LogP contribution >= 0.6 is 0 Å². The maximum atomic E-state index is 11.9. The number of Topliss-reactive ketones (excluding diaryl/α,β-unsaturated/α-hetero) is 1. The second kappa shape index (κ2) is 5.70. The molecule has 0 aromatic heterocycles. The van der Waals surface area contributed by atoms with E-state index in [1.54, 1.807) is 18.2 Å². The highest BCUT2D eigenvalue weighted by Crippen LogP contribution is 2.23. The first-order valence-electron chi connectivity index (χ1n) is 5.16. The number of halogens is 3. The summed E-state index contributed by atoms with van der Waals surface area (Å²) in [7, 11) is 1.47. The summed E-state index contributed by atoms with van der Waals surface area (Å²) in [4.78, 5) is 11.6. The van der Waals surface area contributed by atoms with Gasteiger partial charge in [0.05, 0.1) is 7.11 Å². The molecule has 94 valence electrons. The van der Waals surface area contributed by atoms with Crippen molar-refractivity contribution in [1.82, 2.24) is 0 Å². The number of alkyl halides is 3. The number of hydrogen-bond acceptors (Lipinski definition) is 2. The van der Waals surface area contributed by atoms with Crippen LogP contribution in [-0.2, 0) is 0 Å². The van der Waals surface area contributed by atoms with Gasteiger partial charge in [0.15, 0.2) is 5.78 Å². The van der Waals surface area contributed by atoms with Gasteiger partial charge in [0.2, 0.25) is 0 Å². The molecule has 0 saturated carbocycles. The van der Waals surface area contributed by atoms with Crippen molar-refractivity contribution < 1.29 is 22.7 Å². The summed E-state index contributed by atoms with van der Waals surface area (Å²) in [5.41, 5.74) is 0.381. The molecule has 0 heterocycles. The second-order valence-corrected chi connectivity index (χ2v) is 3.62. The van der Waals surface area contributed by atoms with Crippen molar-refractivity contribution >= 4 is 5.78 Å². The minimum Gasteiger partial charge on any atom is -0.497 e. The van der Waals surface area contributed by atoms with E-state index in [0.717, 1.165) is 0 Å². The van der Waals surface area contributed by atoms with Crippen LogP contribution in [0, 0.1) is 0 Å². The van der Waals surface area contributed by atoms with Crippen LogP contribution in [-0.4, -0.2) is 19.1 Å². The van der Waals surface area contributed by atoms with Gasteiger partial charge >= 0.3 is 6.18 Å². The standard InChI is InChI=1S/C12H13F3O2/c1-17-10-5-2-4-9(8-10)11(16)6-3-7-12(13,14)15/h2,4-5,8H,3,6-7H2,1H3. The Morgan fingerprint density at radius 1 is 1.35 bits per heavy atom. The number of carbonyl (C=O) groups is 1. The molecule has 5 heteroatoms. The summed E-state index contributed by atoms with van der Waals surface area (Å²) in [6, 6.07) is 6.40. The van der Waals surface area contributed by atoms with E-state index in [9.17, 15) is 18.0 Å². The fourth-order valence-corrected chi connectivity index (χ4v) is 1.39. The third-order valence-electron chi connectivity index (χ3n) is 2.26. The number of benzene rings is 1. The quantitative estimate of drug-likeness (QED) is 0.742. The second-order valence-electron chi connectivity index (χ2n) is 3.62. The molecular weight excluding hydrogens is 233 g/mol. The van der Waals surface area contributed by atoms with Crippen LogP contribution < -0.4 is 4.74 Å². The van der Waals surface area contributed by atoms with Gasteiger partial charge in [0.1, 0.15) is 5.75 Å². The van der Waals surface area contributed by atoms with Crippen LogP contribution in [0.5, 0.6) is 5.75 Å². The third kappa shape index (κ3) is 4.89. The summed E-state index contributed by atoms with van der Waals surface area (Å²) in [6.45, 7) is 0. The van der Waals surface area contributed by atoms with Crippen molar-refractivity contribution in [2.45, 2.75) is 25.4 Å². The van der Waals surface area contributed by atoms with Gasteiger partial charge in [0, 0.05) is 18.4 Å². The van der Waals surface area contributed by atoms with Gasteiger partial charge in [0.25, 0.3) is 0 Å². The zero-order valence-corrected chi connectivity index (χ0v) is 9.38. The Morgan fingerprint density at radius 2 is 2.06 bits per heavy atom. The molecule has 0 saturated heterocycles. The smallest absolute Gasteiger partial charge is 0.389 e. The number of ether oxygens (including phenoxy) is 1. The predicted molar refractivity (Wildman–Crippen MR) is 57.2 cm³/mol. The summed E-state index contributed by atoms with van der Waals surface area (Å²) in [6.07, 6.45) is -5.41. The third-order valence-corrected chi connectivity index (χ3v) is 2.26. The fraction of sp³-hybridized carbons (Fsp3) is 0.417. The molecular formula is C12H13F3O2. The van der Waals surface area contributed by atoms with Crippen molar-refractivity contribution in [1.29, 1.82) is 0 Å². The van der Waals surface area contributed by atoms with Crippen LogP contribution in [0.2, 0.25) is 0 Å². The molecule has 0 atom stereocenters. The Bertz CT molecular complexity index is 386. The Hall–Kier alpha value is -1.52. The highest BCUT2D eigenvalue weighted by Gasteiger charge is 2.26. The van der Waals surface area contributed by atoms with Gasteiger partial charge in [-0.25, -0.2) is 0 Å². The summed E-state index contributed by atoms with van der Waals surface area (Å²) in [5, 5.41) is 0. The van der Waals surface area contributed by atoms with Crippen LogP contribution in [0.25, 0.3) is 0 Å². The van der Waals surface area contributed by atoms with Crippen LogP contribution in [0.4, 0.5) is 13.2 Å². The van der Waals surface area contributed by atoms with Crippen molar-refractivity contribution in [2.75, 3.05) is 7.11 Å². The molecule has 0 spiro atoms. The molecule has 1 aromatic rings. The topological polar surface area (TPSA) is 26.3 Å². The number of hydrogen-bond donors (Lipinski definition) is 0. The minimum absolute atomic E-state index is 0.104. The molecule has 0 bridgehead atoms. The largest absolute Gasteiger partial charge is 0.497 e. The number of rotatable bonds is 5. The van der Waals surface area contributed by atoms with E-state index < -0.39 is 12.6 Å². The molecule has 1 aromatic carbocycles. The Kier molecular flexibility index (Phi) is 4.54. The van der Waals surface area contributed by atoms with E-state index in [0.29, 0.717) is 11.3 Å². The number of carbonyl (C=O) groups excluding carboxylic acids is 1. The normalized spacial score (nSPS) is 11.3. The summed E-state index contributed by atoms with van der Waals surface area (Å²) < 4.78 is 40.6. The Labute approximate surface area is 97.4 Å². The molecule has 2 nitrogen and oxygen atoms in total. The molecule has 0 aliphatic heterocycles. The van der Waals surface area contributed by atoms with Gasteiger partial charge in [-0.2, -0.15) is 13.2 Å². The van der Waals surface area contributed by atoms with E-state index >= 15 is 0 Å². The Morgan fingerprint density at radius 3 is 2.65 bits per heavy atom. The van der Waals surface area contributed by atoms with Crippen molar-refractivity contribution in [3.8, 4) is 5.75 Å². The lowest BCUT2D eigenvalue weighted by Crippen LogP contribution is -2.08. The molecule has 0 radical (unpaired) electrons. The number of ketones is 1. The van der Waals surface area contributed by atoms with E-state index in [1.165, 1.54) is 13.2 Å². The zero-order chi connectivity index (χ0) is 12.9. The van der Waals surface area contributed by atoms with E-state index in [2.05, 4.69) is 0 Å². The monoisotopic (exact) mass is 246 g/mol. The number of methoxy groups -OCH3 is 1. The van der Waals surface area contributed by atoms with Crippen molar-refractivity contribution in [3.05, 3.63) is 29.8 Å². The van der Waals surface area contributed by atoms with Gasteiger partial charge in [-0.1, -0.05) is 12.1 Å². The summed E-state index contributed by atoms with van der Waals surface area (Å²) >= 11 is 0. The maximum Gasteiger partial charge on any atom is 0.389 e. The average molecular weight is 246 g/mol. The van der Waals surface area contributed by atoms with Crippen molar-refractivity contribution in [3.63, 3.8) is 0 Å². The van der Waals surface area contributed by atoms with Gasteiger partial charge in [-0.15, -0.1) is 0 Å². The van der Waals surface area contributed by atoms with Gasteiger partial charge in [-0.3, -0.25) is 4.79 Å². The van der Waals surface area contributed by atoms with E-state index in [-0.39, 0.29) is 18.6 Å². The minimum atomic E-state index is -4.20. The van der Waals surface area contributed by atoms with E-state index in [4.69, 9.17) is 4.74 Å². The first kappa shape index (κ1) is 13.5. The lowest BCUT2D eigenvalue weighted by atomic mass is 10.1. The molecule has 0 aliphatic rings. The molecule has 1 rings (SSSR count). The molecule has 17 heavy (non-hydrogen) atoms. The lowest BCUT2D eigenvalue weighted by molar-refractivity contribution is -0.135. The van der Waals surface area contributed by atoms with Crippen molar-refractivity contribution in [2.24, 2.45) is 0 Å². The van der Waals surface area contributed by atoms with Gasteiger partial charge < -0.3 is 4.74 Å². The Balaban J connectivity index is 2.52.